The molecule has 0 radical (unpaired) electrons. The predicted octanol–water partition coefficient (Wildman–Crippen LogP) is 5.35. The van der Waals surface area contributed by atoms with Gasteiger partial charge in [-0.25, -0.2) is 9.69 Å². The molecule has 0 bridgehead atoms. The normalized spacial score (nSPS) is 21.6. The summed E-state index contributed by atoms with van der Waals surface area (Å²) in [5.74, 6) is -1.43. The Hall–Kier alpha value is -4.57. The summed E-state index contributed by atoms with van der Waals surface area (Å²) >= 11 is 0. The highest BCUT2D eigenvalue weighted by atomic mass is 16.6. The molecule has 0 unspecified atom stereocenters. The quantitative estimate of drug-likeness (QED) is 0.239. The molecule has 2 aliphatic heterocycles. The average molecular weight is 626 g/mol. The van der Waals surface area contributed by atoms with E-state index in [2.05, 4.69) is 0 Å². The van der Waals surface area contributed by atoms with Gasteiger partial charge in [0, 0.05) is 0 Å². The van der Waals surface area contributed by atoms with Crippen LogP contribution in [0.2, 0.25) is 0 Å². The number of carbonyl (C=O) groups is 3. The van der Waals surface area contributed by atoms with Crippen molar-refractivity contribution in [1.82, 2.24) is 4.90 Å². The van der Waals surface area contributed by atoms with Crippen LogP contribution in [0.25, 0.3) is 0 Å². The van der Waals surface area contributed by atoms with Crippen LogP contribution in [0.3, 0.4) is 0 Å². The number of cyclic esters (lactones) is 1. The van der Waals surface area contributed by atoms with Crippen molar-refractivity contribution in [3.05, 3.63) is 132 Å². The number of nitrogens with zero attached hydrogens (tertiary/aromatic N) is 1. The van der Waals surface area contributed by atoms with Crippen LogP contribution in [0.4, 0.5) is 4.79 Å². The number of amides is 2. The molecule has 0 aromatic heterocycles. The number of imide groups is 1. The molecule has 2 aliphatic rings. The van der Waals surface area contributed by atoms with Gasteiger partial charge >= 0.3 is 6.09 Å². The Morgan fingerprint density at radius 1 is 0.913 bits per heavy atom. The molecule has 1 N–H and O–H groups in total. The van der Waals surface area contributed by atoms with Crippen molar-refractivity contribution in [1.29, 1.82) is 0 Å². The van der Waals surface area contributed by atoms with Crippen molar-refractivity contribution >= 4 is 17.8 Å². The Morgan fingerprint density at radius 2 is 1.57 bits per heavy atom. The summed E-state index contributed by atoms with van der Waals surface area (Å²) in [4.78, 5) is 41.5. The van der Waals surface area contributed by atoms with Crippen LogP contribution >= 0.6 is 0 Å². The van der Waals surface area contributed by atoms with Crippen molar-refractivity contribution in [3.8, 4) is 0 Å². The first-order valence-corrected chi connectivity index (χ1v) is 15.5. The summed E-state index contributed by atoms with van der Waals surface area (Å²) in [6.45, 7) is 2.51. The lowest BCUT2D eigenvalue weighted by Gasteiger charge is -2.31. The molecule has 5 atom stereocenters. The summed E-state index contributed by atoms with van der Waals surface area (Å²) < 4.78 is 23.3. The minimum Gasteiger partial charge on any atom is -0.482 e. The molecule has 2 heterocycles. The maximum Gasteiger partial charge on any atom is 0.417 e. The largest absolute Gasteiger partial charge is 0.482 e. The number of ether oxygens (including phenoxy) is 4. The SMILES string of the molecule is C[C@H]1[C@@H](c2ccccc2)OC(=O)N1C(=O)[C@@H](Cc1ccccc1)[C@@H]1OC(=CCCOC[C@@H](CO)OCc2ccccc2)C=CC1=O. The molecule has 1 fully saturated rings. The molecular formula is C37H39NO8. The van der Waals surface area contributed by atoms with Crippen LogP contribution in [0.1, 0.15) is 36.1 Å². The number of hydrogen-bond acceptors (Lipinski definition) is 8. The lowest BCUT2D eigenvalue weighted by atomic mass is 9.88. The van der Waals surface area contributed by atoms with Gasteiger partial charge in [0.25, 0.3) is 0 Å². The van der Waals surface area contributed by atoms with E-state index in [1.54, 1.807) is 19.1 Å². The zero-order valence-corrected chi connectivity index (χ0v) is 25.8. The third kappa shape index (κ3) is 8.37. The van der Waals surface area contributed by atoms with Crippen LogP contribution in [0.15, 0.2) is 115 Å². The molecule has 3 aromatic carbocycles. The van der Waals surface area contributed by atoms with Crippen LogP contribution < -0.4 is 0 Å². The van der Waals surface area contributed by atoms with E-state index in [1.807, 2.05) is 91.0 Å². The van der Waals surface area contributed by atoms with Crippen molar-refractivity contribution in [2.75, 3.05) is 19.8 Å². The summed E-state index contributed by atoms with van der Waals surface area (Å²) in [5, 5.41) is 9.67. The third-order valence-electron chi connectivity index (χ3n) is 8.02. The smallest absolute Gasteiger partial charge is 0.417 e. The number of allylic oxidation sites excluding steroid dienone is 1. The number of rotatable bonds is 14. The highest BCUT2D eigenvalue weighted by molar-refractivity contribution is 6.02. The number of ketones is 1. The molecule has 0 aliphatic carbocycles. The Labute approximate surface area is 269 Å². The number of hydrogen-bond donors (Lipinski definition) is 1. The Bertz CT molecular complexity index is 1510. The van der Waals surface area contributed by atoms with Gasteiger partial charge < -0.3 is 24.1 Å². The summed E-state index contributed by atoms with van der Waals surface area (Å²) in [7, 11) is 0. The Morgan fingerprint density at radius 3 is 2.24 bits per heavy atom. The van der Waals surface area contributed by atoms with Gasteiger partial charge in [-0.05, 0) is 54.7 Å². The van der Waals surface area contributed by atoms with Crippen LogP contribution in [0.5, 0.6) is 0 Å². The second-order valence-corrected chi connectivity index (χ2v) is 11.3. The molecule has 0 spiro atoms. The average Bonchev–Trinajstić information content (AvgIpc) is 3.39. The molecule has 3 aromatic rings. The standard InChI is InChI=1S/C37H39NO8/c1-26-34(29-16-9-4-10-17-29)46-37(42)38(26)36(41)32(22-27-12-5-2-6-13-27)35-33(40)20-19-30(45-35)18-11-21-43-25-31(23-39)44-24-28-14-7-3-8-15-28/h2-10,12-20,26,31-32,34-35,39H,11,21-25H2,1H3/t26-,31+,32-,34-,35-/m0/s1. The summed E-state index contributed by atoms with van der Waals surface area (Å²) in [6, 6.07) is 27.7. The second-order valence-electron chi connectivity index (χ2n) is 11.3. The van der Waals surface area contributed by atoms with Gasteiger partial charge in [-0.2, -0.15) is 0 Å². The minimum atomic E-state index is -1.13. The van der Waals surface area contributed by atoms with Crippen molar-refractivity contribution in [2.45, 2.75) is 50.7 Å². The minimum absolute atomic E-state index is 0.171. The van der Waals surface area contributed by atoms with Crippen molar-refractivity contribution in [3.63, 3.8) is 0 Å². The zero-order valence-electron chi connectivity index (χ0n) is 25.8. The predicted molar refractivity (Wildman–Crippen MR) is 170 cm³/mol. The van der Waals surface area contributed by atoms with Gasteiger partial charge in [-0.3, -0.25) is 9.59 Å². The fourth-order valence-corrected chi connectivity index (χ4v) is 5.56. The van der Waals surface area contributed by atoms with Crippen LogP contribution in [-0.4, -0.2) is 65.9 Å². The van der Waals surface area contributed by atoms with Gasteiger partial charge in [0.05, 0.1) is 38.4 Å². The fraction of sp³-hybridized carbons (Fsp3) is 0.324. The first kappa shape index (κ1) is 32.8. The topological polar surface area (TPSA) is 112 Å². The highest BCUT2D eigenvalue weighted by Crippen LogP contribution is 2.35. The Kier molecular flexibility index (Phi) is 11.5. The highest BCUT2D eigenvalue weighted by Gasteiger charge is 2.48. The fourth-order valence-electron chi connectivity index (χ4n) is 5.56. The zero-order chi connectivity index (χ0) is 32.3. The van der Waals surface area contributed by atoms with Gasteiger partial charge in [-0.1, -0.05) is 91.0 Å². The lowest BCUT2D eigenvalue weighted by Crippen LogP contribution is -2.48. The summed E-state index contributed by atoms with van der Waals surface area (Å²) in [6.07, 6.45) is 2.45. The Balaban J connectivity index is 1.23. The molecule has 5 rings (SSSR count). The van der Waals surface area contributed by atoms with E-state index in [0.29, 0.717) is 25.4 Å². The first-order chi connectivity index (χ1) is 22.4. The molecule has 9 nitrogen and oxygen atoms in total. The molecule has 240 valence electrons. The van der Waals surface area contributed by atoms with Gasteiger partial charge in [0.2, 0.25) is 5.91 Å². The number of carbonyl (C=O) groups excluding carboxylic acids is 3. The molecule has 9 heteroatoms. The lowest BCUT2D eigenvalue weighted by molar-refractivity contribution is -0.143. The molecule has 1 saturated heterocycles. The van der Waals surface area contributed by atoms with E-state index in [1.165, 1.54) is 6.08 Å². The van der Waals surface area contributed by atoms with Crippen molar-refractivity contribution in [2.24, 2.45) is 5.92 Å². The van der Waals surface area contributed by atoms with E-state index in [9.17, 15) is 19.5 Å². The van der Waals surface area contributed by atoms with E-state index >= 15 is 0 Å². The van der Waals surface area contributed by atoms with Gasteiger partial charge in [0.1, 0.15) is 18.0 Å². The molecule has 46 heavy (non-hydrogen) atoms. The first-order valence-electron chi connectivity index (χ1n) is 15.5. The maximum absolute atomic E-state index is 14.1. The van der Waals surface area contributed by atoms with E-state index in [4.69, 9.17) is 18.9 Å². The molecule has 2 amide bonds. The third-order valence-corrected chi connectivity index (χ3v) is 8.02. The second kappa shape index (κ2) is 16.1. The van der Waals surface area contributed by atoms with Crippen LogP contribution in [0, 0.1) is 5.92 Å². The summed E-state index contributed by atoms with van der Waals surface area (Å²) in [5.41, 5.74) is 2.62. The van der Waals surface area contributed by atoms with E-state index < -0.39 is 42.3 Å². The van der Waals surface area contributed by atoms with Gasteiger partial charge in [-0.15, -0.1) is 0 Å². The van der Waals surface area contributed by atoms with Gasteiger partial charge in [0.15, 0.2) is 11.9 Å². The monoisotopic (exact) mass is 625 g/mol. The van der Waals surface area contributed by atoms with E-state index in [-0.39, 0.29) is 25.4 Å². The number of aliphatic hydroxyl groups is 1. The van der Waals surface area contributed by atoms with Crippen molar-refractivity contribution < 1.29 is 38.4 Å². The number of benzene rings is 3. The number of aliphatic hydroxyl groups excluding tert-OH is 1. The molecule has 0 saturated carbocycles. The maximum atomic E-state index is 14.1. The van der Waals surface area contributed by atoms with Crippen LogP contribution in [-0.2, 0) is 41.6 Å². The molecular weight excluding hydrogens is 586 g/mol. The van der Waals surface area contributed by atoms with E-state index in [0.717, 1.165) is 21.6 Å².